The zero-order valence-corrected chi connectivity index (χ0v) is 7.20. The van der Waals surface area contributed by atoms with Crippen LogP contribution < -0.4 is 0 Å². The number of aliphatic hydroxyl groups is 1. The Morgan fingerprint density at radius 1 is 1.42 bits per heavy atom. The van der Waals surface area contributed by atoms with Gasteiger partial charge in [-0.3, -0.25) is 4.79 Å². The molecule has 2 aliphatic rings. The summed E-state index contributed by atoms with van der Waals surface area (Å²) >= 11 is 0. The van der Waals surface area contributed by atoms with Crippen molar-refractivity contribution in [3.63, 3.8) is 0 Å². The van der Waals surface area contributed by atoms with E-state index < -0.39 is 0 Å². The van der Waals surface area contributed by atoms with Crippen molar-refractivity contribution < 1.29 is 9.90 Å². The van der Waals surface area contributed by atoms with Crippen molar-refractivity contribution in [1.29, 1.82) is 0 Å². The molecular weight excluding hydrogens is 154 g/mol. The monoisotopic (exact) mass is 169 g/mol. The van der Waals surface area contributed by atoms with Crippen molar-refractivity contribution in [2.75, 3.05) is 19.7 Å². The minimum Gasteiger partial charge on any atom is -0.396 e. The molecule has 12 heavy (non-hydrogen) atoms. The molecule has 0 aromatic carbocycles. The molecular formula is C9H15NO2. The van der Waals surface area contributed by atoms with E-state index >= 15 is 0 Å². The van der Waals surface area contributed by atoms with Crippen LogP contribution in [-0.2, 0) is 4.79 Å². The number of nitrogens with zero attached hydrogens (tertiary/aromatic N) is 1. The van der Waals surface area contributed by atoms with Crippen LogP contribution in [0.2, 0.25) is 0 Å². The van der Waals surface area contributed by atoms with Crippen molar-refractivity contribution in [3.05, 3.63) is 0 Å². The molecule has 1 aliphatic heterocycles. The Kier molecular flexibility index (Phi) is 2.05. The molecule has 1 saturated heterocycles. The first-order chi connectivity index (χ1) is 5.81. The first kappa shape index (κ1) is 8.05. The average molecular weight is 169 g/mol. The van der Waals surface area contributed by atoms with Crippen LogP contribution in [0.4, 0.5) is 0 Å². The highest BCUT2D eigenvalue weighted by Crippen LogP contribution is 2.31. The molecule has 3 heteroatoms. The van der Waals surface area contributed by atoms with Gasteiger partial charge in [0.2, 0.25) is 5.91 Å². The standard InChI is InChI=1S/C9H15NO2/c11-6-8-3-4-10(9(8)12)5-7-1-2-7/h7-8,11H,1-6H2. The van der Waals surface area contributed by atoms with Crippen LogP contribution in [0.3, 0.4) is 0 Å². The van der Waals surface area contributed by atoms with E-state index in [-0.39, 0.29) is 18.4 Å². The van der Waals surface area contributed by atoms with Crippen molar-refractivity contribution in [2.24, 2.45) is 11.8 Å². The highest BCUT2D eigenvalue weighted by molar-refractivity contribution is 5.80. The van der Waals surface area contributed by atoms with Gasteiger partial charge in [0.05, 0.1) is 12.5 Å². The lowest BCUT2D eigenvalue weighted by atomic mass is 10.1. The number of aliphatic hydroxyl groups excluding tert-OH is 1. The normalized spacial score (nSPS) is 29.9. The largest absolute Gasteiger partial charge is 0.396 e. The quantitative estimate of drug-likeness (QED) is 0.657. The van der Waals surface area contributed by atoms with E-state index in [4.69, 9.17) is 5.11 Å². The Morgan fingerprint density at radius 2 is 2.17 bits per heavy atom. The summed E-state index contributed by atoms with van der Waals surface area (Å²) in [6.07, 6.45) is 3.42. The second-order valence-electron chi connectivity index (χ2n) is 3.90. The molecule has 1 heterocycles. The van der Waals surface area contributed by atoms with E-state index in [2.05, 4.69) is 0 Å². The first-order valence-electron chi connectivity index (χ1n) is 4.71. The predicted molar refractivity (Wildman–Crippen MR) is 44.5 cm³/mol. The number of carbonyl (C=O) groups is 1. The van der Waals surface area contributed by atoms with Gasteiger partial charge in [-0.05, 0) is 25.2 Å². The lowest BCUT2D eigenvalue weighted by molar-refractivity contribution is -0.132. The molecule has 2 fully saturated rings. The maximum atomic E-state index is 11.5. The smallest absolute Gasteiger partial charge is 0.228 e. The van der Waals surface area contributed by atoms with Gasteiger partial charge >= 0.3 is 0 Å². The van der Waals surface area contributed by atoms with Gasteiger partial charge in [0.1, 0.15) is 0 Å². The Hall–Kier alpha value is -0.570. The van der Waals surface area contributed by atoms with Crippen LogP contribution in [0, 0.1) is 11.8 Å². The lowest BCUT2D eigenvalue weighted by Crippen LogP contribution is -2.30. The first-order valence-corrected chi connectivity index (χ1v) is 4.71. The van der Waals surface area contributed by atoms with Gasteiger partial charge in [-0.2, -0.15) is 0 Å². The average Bonchev–Trinajstić information content (AvgIpc) is 2.80. The Labute approximate surface area is 72.4 Å². The number of hydrogen-bond donors (Lipinski definition) is 1. The second kappa shape index (κ2) is 3.05. The fourth-order valence-corrected chi connectivity index (χ4v) is 1.77. The summed E-state index contributed by atoms with van der Waals surface area (Å²) in [5.74, 6) is 0.847. The minimum atomic E-state index is -0.0938. The van der Waals surface area contributed by atoms with E-state index in [0.29, 0.717) is 0 Å². The molecule has 2 rings (SSSR count). The van der Waals surface area contributed by atoms with Gasteiger partial charge in [-0.15, -0.1) is 0 Å². The van der Waals surface area contributed by atoms with Crippen molar-refractivity contribution in [1.82, 2.24) is 4.90 Å². The van der Waals surface area contributed by atoms with Crippen LogP contribution in [-0.4, -0.2) is 35.6 Å². The van der Waals surface area contributed by atoms with Gasteiger partial charge in [0, 0.05) is 13.1 Å². The number of likely N-dealkylation sites (tertiary alicyclic amines) is 1. The summed E-state index contributed by atoms with van der Waals surface area (Å²) < 4.78 is 0. The van der Waals surface area contributed by atoms with Crippen molar-refractivity contribution in [2.45, 2.75) is 19.3 Å². The topological polar surface area (TPSA) is 40.5 Å². The third-order valence-electron chi connectivity index (χ3n) is 2.80. The molecule has 0 bridgehead atoms. The Bertz CT molecular complexity index is 189. The van der Waals surface area contributed by atoms with Gasteiger partial charge in [0.25, 0.3) is 0 Å². The highest BCUT2D eigenvalue weighted by atomic mass is 16.3. The Morgan fingerprint density at radius 3 is 2.67 bits per heavy atom. The summed E-state index contributed by atoms with van der Waals surface area (Å²) in [6, 6.07) is 0. The van der Waals surface area contributed by atoms with Gasteiger partial charge in [-0.25, -0.2) is 0 Å². The molecule has 1 saturated carbocycles. The van der Waals surface area contributed by atoms with Crippen LogP contribution in [0.5, 0.6) is 0 Å². The van der Waals surface area contributed by atoms with E-state index in [1.165, 1.54) is 12.8 Å². The molecule has 1 N–H and O–H groups in total. The number of rotatable bonds is 3. The van der Waals surface area contributed by atoms with E-state index in [9.17, 15) is 4.79 Å². The van der Waals surface area contributed by atoms with E-state index in [1.54, 1.807) is 0 Å². The third kappa shape index (κ3) is 1.46. The fourth-order valence-electron chi connectivity index (χ4n) is 1.77. The van der Waals surface area contributed by atoms with Crippen LogP contribution >= 0.6 is 0 Å². The minimum absolute atomic E-state index is 0.0278. The fraction of sp³-hybridized carbons (Fsp3) is 0.889. The maximum absolute atomic E-state index is 11.5. The predicted octanol–water partition coefficient (Wildman–Crippen LogP) is 0.237. The maximum Gasteiger partial charge on any atom is 0.228 e. The van der Waals surface area contributed by atoms with E-state index in [0.717, 1.165) is 25.4 Å². The molecule has 68 valence electrons. The summed E-state index contributed by atoms with van der Waals surface area (Å²) in [7, 11) is 0. The van der Waals surface area contributed by atoms with Crippen LogP contribution in [0.1, 0.15) is 19.3 Å². The molecule has 1 amide bonds. The highest BCUT2D eigenvalue weighted by Gasteiger charge is 2.34. The second-order valence-corrected chi connectivity index (χ2v) is 3.90. The lowest BCUT2D eigenvalue weighted by Gasteiger charge is -2.15. The number of carbonyl (C=O) groups excluding carboxylic acids is 1. The van der Waals surface area contributed by atoms with Gasteiger partial charge in [-0.1, -0.05) is 0 Å². The van der Waals surface area contributed by atoms with Crippen molar-refractivity contribution in [3.8, 4) is 0 Å². The molecule has 0 aromatic rings. The summed E-state index contributed by atoms with van der Waals surface area (Å²) in [5.41, 5.74) is 0. The summed E-state index contributed by atoms with van der Waals surface area (Å²) in [6.45, 7) is 1.83. The zero-order valence-electron chi connectivity index (χ0n) is 7.20. The third-order valence-corrected chi connectivity index (χ3v) is 2.80. The molecule has 0 radical (unpaired) electrons. The zero-order chi connectivity index (χ0) is 8.55. The number of hydrogen-bond acceptors (Lipinski definition) is 2. The molecule has 1 unspecified atom stereocenters. The molecule has 0 spiro atoms. The van der Waals surface area contributed by atoms with E-state index in [1.807, 2.05) is 4.90 Å². The summed E-state index contributed by atoms with van der Waals surface area (Å²) in [4.78, 5) is 13.4. The van der Waals surface area contributed by atoms with Crippen LogP contribution in [0.25, 0.3) is 0 Å². The van der Waals surface area contributed by atoms with Gasteiger partial charge < -0.3 is 10.0 Å². The molecule has 1 aliphatic carbocycles. The SMILES string of the molecule is O=C1C(CO)CCN1CC1CC1. The molecule has 3 nitrogen and oxygen atoms in total. The molecule has 1 atom stereocenters. The number of amides is 1. The van der Waals surface area contributed by atoms with Crippen molar-refractivity contribution >= 4 is 5.91 Å². The Balaban J connectivity index is 1.86. The van der Waals surface area contributed by atoms with Crippen LogP contribution in [0.15, 0.2) is 0 Å². The summed E-state index contributed by atoms with van der Waals surface area (Å²) in [5, 5.41) is 8.86. The molecule has 0 aromatic heterocycles. The van der Waals surface area contributed by atoms with Gasteiger partial charge in [0.15, 0.2) is 0 Å².